The van der Waals surface area contributed by atoms with Crippen molar-refractivity contribution in [3.05, 3.63) is 34.9 Å². The highest BCUT2D eigenvalue weighted by Gasteiger charge is 2.45. The van der Waals surface area contributed by atoms with E-state index >= 15 is 0 Å². The molecule has 3 N–H and O–H groups in total. The molecule has 33 heavy (non-hydrogen) atoms. The lowest BCUT2D eigenvalue weighted by Crippen LogP contribution is -2.54. The van der Waals surface area contributed by atoms with Gasteiger partial charge in [0, 0.05) is 25.9 Å². The summed E-state index contributed by atoms with van der Waals surface area (Å²) < 4.78 is 5.09. The highest BCUT2D eigenvalue weighted by Crippen LogP contribution is 2.29. The minimum atomic E-state index is -1.06. The van der Waals surface area contributed by atoms with E-state index < -0.39 is 41.4 Å². The fourth-order valence-corrected chi connectivity index (χ4v) is 3.61. The predicted octanol–water partition coefficient (Wildman–Crippen LogP) is 0.619. The molecule has 1 fully saturated rings. The van der Waals surface area contributed by atoms with Crippen LogP contribution in [0.25, 0.3) is 0 Å². The number of fused-ring (bicyclic) bond motifs is 1. The molecule has 11 heteroatoms. The average Bonchev–Trinajstić information content (AvgIpc) is 2.96. The topological polar surface area (TPSA) is 151 Å². The lowest BCUT2D eigenvalue weighted by molar-refractivity contribution is -0.136. The monoisotopic (exact) mass is 458 g/mol. The highest BCUT2D eigenvalue weighted by atomic mass is 16.6. The van der Waals surface area contributed by atoms with Gasteiger partial charge in [0.2, 0.25) is 17.7 Å². The number of imide groups is 2. The molecule has 2 aliphatic heterocycles. The van der Waals surface area contributed by atoms with Crippen molar-refractivity contribution in [2.75, 3.05) is 6.54 Å². The number of alkyl carbamates (subject to hydrolysis) is 1. The molecule has 0 aliphatic carbocycles. The third-order valence-corrected chi connectivity index (χ3v) is 5.05. The normalized spacial score (nSPS) is 18.0. The quantitative estimate of drug-likeness (QED) is 0.529. The number of rotatable bonds is 6. The zero-order chi connectivity index (χ0) is 24.3. The fraction of sp³-hybridized carbons (Fsp3) is 0.455. The summed E-state index contributed by atoms with van der Waals surface area (Å²) in [7, 11) is 0. The summed E-state index contributed by atoms with van der Waals surface area (Å²) >= 11 is 0. The summed E-state index contributed by atoms with van der Waals surface area (Å²) in [5.41, 5.74) is 0.0441. The van der Waals surface area contributed by atoms with Gasteiger partial charge in [-0.1, -0.05) is 12.1 Å². The van der Waals surface area contributed by atoms with Crippen molar-refractivity contribution in [2.24, 2.45) is 0 Å². The molecule has 2 heterocycles. The predicted molar refractivity (Wildman–Crippen MR) is 114 cm³/mol. The lowest BCUT2D eigenvalue weighted by atomic mass is 10.0. The van der Waals surface area contributed by atoms with Crippen LogP contribution >= 0.6 is 0 Å². The van der Waals surface area contributed by atoms with Gasteiger partial charge in [0.15, 0.2) is 0 Å². The Kier molecular flexibility index (Phi) is 6.80. The smallest absolute Gasteiger partial charge is 0.407 e. The minimum absolute atomic E-state index is 0.0104. The molecule has 6 amide bonds. The number of benzene rings is 1. The van der Waals surface area contributed by atoms with Gasteiger partial charge in [0.05, 0.1) is 11.1 Å². The second-order valence-corrected chi connectivity index (χ2v) is 8.74. The van der Waals surface area contributed by atoms with Gasteiger partial charge >= 0.3 is 6.09 Å². The Balaban J connectivity index is 1.61. The number of hydrogen-bond donors (Lipinski definition) is 3. The summed E-state index contributed by atoms with van der Waals surface area (Å²) in [4.78, 5) is 74.1. The molecule has 0 bridgehead atoms. The standard InChI is InChI=1S/C22H26N4O7/c1-22(2,3)33-21(32)23-10-9-15(27)24-11-12-5-4-6-13-17(12)20(31)26(19(13)30)14-7-8-16(28)25-18(14)29/h4-6,14H,7-11H2,1-3H3,(H,23,32)(H,24,27)(H,25,28,29). The first kappa shape index (κ1) is 23.9. The highest BCUT2D eigenvalue weighted by molar-refractivity contribution is 6.24. The van der Waals surface area contributed by atoms with Gasteiger partial charge in [-0.2, -0.15) is 0 Å². The number of nitrogens with one attached hydrogen (secondary N) is 3. The van der Waals surface area contributed by atoms with Crippen LogP contribution in [0.15, 0.2) is 18.2 Å². The number of ether oxygens (including phenoxy) is 1. The number of carbonyl (C=O) groups excluding carboxylic acids is 6. The Labute approximate surface area is 190 Å². The van der Waals surface area contributed by atoms with Crippen molar-refractivity contribution >= 4 is 35.6 Å². The van der Waals surface area contributed by atoms with E-state index in [2.05, 4.69) is 16.0 Å². The first-order valence-corrected chi connectivity index (χ1v) is 10.5. The Morgan fingerprint density at radius 3 is 2.52 bits per heavy atom. The first-order valence-electron chi connectivity index (χ1n) is 10.5. The Hall–Kier alpha value is -3.76. The van der Waals surface area contributed by atoms with Crippen LogP contribution in [0.5, 0.6) is 0 Å². The molecule has 3 rings (SSSR count). The van der Waals surface area contributed by atoms with Crippen LogP contribution in [0.1, 0.15) is 66.3 Å². The Morgan fingerprint density at radius 1 is 1.12 bits per heavy atom. The summed E-state index contributed by atoms with van der Waals surface area (Å²) in [5.74, 6) is -2.76. The number of nitrogens with zero attached hydrogens (tertiary/aromatic N) is 1. The molecule has 2 aliphatic rings. The van der Waals surface area contributed by atoms with Gasteiger partial charge in [-0.15, -0.1) is 0 Å². The van der Waals surface area contributed by atoms with E-state index in [9.17, 15) is 28.8 Å². The third kappa shape index (κ3) is 5.54. The summed E-state index contributed by atoms with van der Waals surface area (Å²) in [5, 5.41) is 7.29. The van der Waals surface area contributed by atoms with E-state index in [0.717, 1.165) is 4.90 Å². The largest absolute Gasteiger partial charge is 0.444 e. The van der Waals surface area contributed by atoms with E-state index in [-0.39, 0.29) is 49.4 Å². The van der Waals surface area contributed by atoms with Crippen LogP contribution in [0.3, 0.4) is 0 Å². The van der Waals surface area contributed by atoms with Crippen LogP contribution in [-0.2, 0) is 25.7 Å². The molecule has 0 radical (unpaired) electrons. The van der Waals surface area contributed by atoms with E-state index in [0.29, 0.717) is 5.56 Å². The van der Waals surface area contributed by atoms with Gasteiger partial charge in [-0.3, -0.25) is 34.2 Å². The fourth-order valence-electron chi connectivity index (χ4n) is 3.61. The molecule has 1 aromatic carbocycles. The molecule has 1 atom stereocenters. The maximum atomic E-state index is 13.0. The number of amides is 6. The molecular weight excluding hydrogens is 432 g/mol. The maximum absolute atomic E-state index is 13.0. The van der Waals surface area contributed by atoms with Crippen molar-refractivity contribution in [1.82, 2.24) is 20.9 Å². The Bertz CT molecular complexity index is 1030. The van der Waals surface area contributed by atoms with Gasteiger partial charge in [-0.25, -0.2) is 4.79 Å². The minimum Gasteiger partial charge on any atom is -0.444 e. The van der Waals surface area contributed by atoms with Gasteiger partial charge in [0.25, 0.3) is 11.8 Å². The number of hydrogen-bond acceptors (Lipinski definition) is 7. The van der Waals surface area contributed by atoms with Gasteiger partial charge in [0.1, 0.15) is 11.6 Å². The van der Waals surface area contributed by atoms with Crippen molar-refractivity contribution in [2.45, 2.75) is 58.2 Å². The number of carbonyl (C=O) groups is 6. The molecule has 1 unspecified atom stereocenters. The second kappa shape index (κ2) is 9.39. The summed E-state index contributed by atoms with van der Waals surface area (Å²) in [6.07, 6.45) is -0.547. The average molecular weight is 458 g/mol. The number of piperidine rings is 1. The van der Waals surface area contributed by atoms with Crippen LogP contribution < -0.4 is 16.0 Å². The van der Waals surface area contributed by atoms with E-state index in [1.165, 1.54) is 6.07 Å². The van der Waals surface area contributed by atoms with E-state index in [4.69, 9.17) is 4.74 Å². The second-order valence-electron chi connectivity index (χ2n) is 8.74. The van der Waals surface area contributed by atoms with Crippen molar-refractivity contribution in [1.29, 1.82) is 0 Å². The van der Waals surface area contributed by atoms with Crippen molar-refractivity contribution < 1.29 is 33.5 Å². The van der Waals surface area contributed by atoms with Crippen LogP contribution in [0.2, 0.25) is 0 Å². The van der Waals surface area contributed by atoms with Crippen LogP contribution in [0.4, 0.5) is 4.79 Å². The van der Waals surface area contributed by atoms with Crippen molar-refractivity contribution in [3.63, 3.8) is 0 Å². The lowest BCUT2D eigenvalue weighted by Gasteiger charge is -2.27. The summed E-state index contributed by atoms with van der Waals surface area (Å²) in [6, 6.07) is 3.62. The molecule has 1 saturated heterocycles. The SMILES string of the molecule is CC(C)(C)OC(=O)NCCC(=O)NCc1cccc2c1C(=O)N(C1CCC(=O)NC1=O)C2=O. The molecule has 0 spiro atoms. The molecular formula is C22H26N4O7. The van der Waals surface area contributed by atoms with Gasteiger partial charge in [-0.05, 0) is 38.8 Å². The molecule has 11 nitrogen and oxygen atoms in total. The zero-order valence-electron chi connectivity index (χ0n) is 18.6. The molecule has 1 aromatic rings. The third-order valence-electron chi connectivity index (χ3n) is 5.05. The van der Waals surface area contributed by atoms with Crippen LogP contribution in [-0.4, -0.2) is 58.7 Å². The zero-order valence-corrected chi connectivity index (χ0v) is 18.6. The molecule has 176 valence electrons. The van der Waals surface area contributed by atoms with E-state index in [1.54, 1.807) is 32.9 Å². The van der Waals surface area contributed by atoms with E-state index in [1.807, 2.05) is 0 Å². The Morgan fingerprint density at radius 2 is 1.85 bits per heavy atom. The van der Waals surface area contributed by atoms with Gasteiger partial charge < -0.3 is 15.4 Å². The first-order chi connectivity index (χ1) is 15.5. The summed E-state index contributed by atoms with van der Waals surface area (Å²) in [6.45, 7) is 5.23. The molecule has 0 aromatic heterocycles. The maximum Gasteiger partial charge on any atom is 0.407 e. The van der Waals surface area contributed by atoms with Crippen LogP contribution in [0, 0.1) is 0 Å². The molecule has 0 saturated carbocycles. The van der Waals surface area contributed by atoms with Crippen molar-refractivity contribution in [3.8, 4) is 0 Å².